The van der Waals surface area contributed by atoms with Crippen molar-refractivity contribution in [2.75, 3.05) is 7.11 Å². The van der Waals surface area contributed by atoms with Crippen molar-refractivity contribution in [3.8, 4) is 16.2 Å². The fourth-order valence-electron chi connectivity index (χ4n) is 1.53. The first-order valence-electron chi connectivity index (χ1n) is 5.50. The number of aromatic nitrogens is 1. The second-order valence-electron chi connectivity index (χ2n) is 3.74. The van der Waals surface area contributed by atoms with Gasteiger partial charge in [-0.3, -0.25) is 4.79 Å². The molecule has 0 bridgehead atoms. The molecule has 1 aromatic heterocycles. The minimum absolute atomic E-state index is 0.121. The monoisotopic (exact) mass is 263 g/mol. The Labute approximate surface area is 109 Å². The molecule has 0 aliphatic carbocycles. The number of thiazole rings is 1. The minimum Gasteiger partial charge on any atom is -0.497 e. The molecule has 0 fully saturated rings. The zero-order valence-corrected chi connectivity index (χ0v) is 10.7. The van der Waals surface area contributed by atoms with Crippen LogP contribution in [0.4, 0.5) is 0 Å². The van der Waals surface area contributed by atoms with Crippen molar-refractivity contribution >= 4 is 17.3 Å². The summed E-state index contributed by atoms with van der Waals surface area (Å²) in [5.74, 6) is 0.0190. The quantitative estimate of drug-likeness (QED) is 0.901. The van der Waals surface area contributed by atoms with E-state index in [1.54, 1.807) is 13.3 Å². The summed E-state index contributed by atoms with van der Waals surface area (Å²) in [5.41, 5.74) is 1.06. The van der Waals surface area contributed by atoms with Gasteiger partial charge in [0, 0.05) is 12.6 Å². The molecule has 0 spiro atoms. The molecular formula is C13H13NO3S. The molecule has 0 aliphatic heterocycles. The van der Waals surface area contributed by atoms with Gasteiger partial charge >= 0.3 is 5.97 Å². The van der Waals surface area contributed by atoms with Crippen LogP contribution in [-0.2, 0) is 11.2 Å². The summed E-state index contributed by atoms with van der Waals surface area (Å²) in [7, 11) is 1.63. The van der Waals surface area contributed by atoms with E-state index in [4.69, 9.17) is 9.84 Å². The number of ether oxygens (including phenoxy) is 1. The van der Waals surface area contributed by atoms with E-state index in [9.17, 15) is 4.79 Å². The third-order valence-corrected chi connectivity index (χ3v) is 3.59. The molecule has 2 aromatic rings. The average molecular weight is 263 g/mol. The van der Waals surface area contributed by atoms with E-state index < -0.39 is 5.97 Å². The topological polar surface area (TPSA) is 59.4 Å². The SMILES string of the molecule is COc1ccc(-c2cnc(CCC(=O)O)s2)cc1. The highest BCUT2D eigenvalue weighted by Gasteiger charge is 2.06. The Morgan fingerprint density at radius 2 is 2.11 bits per heavy atom. The van der Waals surface area contributed by atoms with Crippen molar-refractivity contribution in [1.29, 1.82) is 0 Å². The molecular weight excluding hydrogens is 250 g/mol. The van der Waals surface area contributed by atoms with Crippen LogP contribution in [0.25, 0.3) is 10.4 Å². The Morgan fingerprint density at radius 1 is 1.39 bits per heavy atom. The van der Waals surface area contributed by atoms with E-state index in [1.807, 2.05) is 24.3 Å². The summed E-state index contributed by atoms with van der Waals surface area (Å²) in [5, 5.41) is 9.47. The highest BCUT2D eigenvalue weighted by molar-refractivity contribution is 7.15. The lowest BCUT2D eigenvalue weighted by molar-refractivity contribution is -0.136. The zero-order valence-electron chi connectivity index (χ0n) is 9.92. The maximum atomic E-state index is 10.5. The summed E-state index contributed by atoms with van der Waals surface area (Å²) in [6, 6.07) is 7.72. The smallest absolute Gasteiger partial charge is 0.303 e. The van der Waals surface area contributed by atoms with Crippen LogP contribution in [0, 0.1) is 0 Å². The van der Waals surface area contributed by atoms with E-state index in [0.29, 0.717) is 6.42 Å². The fraction of sp³-hybridized carbons (Fsp3) is 0.231. The molecule has 0 amide bonds. The number of benzene rings is 1. The molecule has 2 rings (SSSR count). The van der Waals surface area contributed by atoms with Crippen molar-refractivity contribution in [2.45, 2.75) is 12.8 Å². The molecule has 1 heterocycles. The number of hydrogen-bond donors (Lipinski definition) is 1. The Morgan fingerprint density at radius 3 is 2.72 bits per heavy atom. The highest BCUT2D eigenvalue weighted by atomic mass is 32.1. The molecule has 1 aromatic carbocycles. The Kier molecular flexibility index (Phi) is 3.94. The van der Waals surface area contributed by atoms with Crippen LogP contribution < -0.4 is 4.74 Å². The zero-order chi connectivity index (χ0) is 13.0. The van der Waals surface area contributed by atoms with Gasteiger partial charge in [-0.2, -0.15) is 0 Å². The Bertz CT molecular complexity index is 533. The predicted molar refractivity (Wildman–Crippen MR) is 70.1 cm³/mol. The predicted octanol–water partition coefficient (Wildman–Crippen LogP) is 2.84. The summed E-state index contributed by atoms with van der Waals surface area (Å²) >= 11 is 1.53. The number of carbonyl (C=O) groups is 1. The lowest BCUT2D eigenvalue weighted by Crippen LogP contribution is -1.96. The molecule has 0 atom stereocenters. The molecule has 0 radical (unpaired) electrons. The van der Waals surface area contributed by atoms with Crippen LogP contribution in [0.2, 0.25) is 0 Å². The maximum Gasteiger partial charge on any atom is 0.303 e. The second kappa shape index (κ2) is 5.64. The van der Waals surface area contributed by atoms with Gasteiger partial charge in [0.15, 0.2) is 0 Å². The number of carboxylic acids is 1. The van der Waals surface area contributed by atoms with Crippen molar-refractivity contribution in [3.05, 3.63) is 35.5 Å². The summed E-state index contributed by atoms with van der Waals surface area (Å²) in [6.45, 7) is 0. The largest absolute Gasteiger partial charge is 0.497 e. The lowest BCUT2D eigenvalue weighted by atomic mass is 10.2. The molecule has 0 saturated carbocycles. The summed E-state index contributed by atoms with van der Waals surface area (Å²) in [4.78, 5) is 15.8. The first kappa shape index (κ1) is 12.6. The van der Waals surface area contributed by atoms with E-state index in [2.05, 4.69) is 4.98 Å². The van der Waals surface area contributed by atoms with E-state index >= 15 is 0 Å². The lowest BCUT2D eigenvalue weighted by Gasteiger charge is -2.00. The third kappa shape index (κ3) is 3.07. The van der Waals surface area contributed by atoms with Crippen molar-refractivity contribution in [2.24, 2.45) is 0 Å². The molecule has 18 heavy (non-hydrogen) atoms. The van der Waals surface area contributed by atoms with E-state index in [0.717, 1.165) is 21.2 Å². The second-order valence-corrected chi connectivity index (χ2v) is 4.86. The average Bonchev–Trinajstić information content (AvgIpc) is 2.85. The Balaban J connectivity index is 2.10. The van der Waals surface area contributed by atoms with Crippen LogP contribution in [0.15, 0.2) is 30.5 Å². The number of hydrogen-bond acceptors (Lipinski definition) is 4. The van der Waals surface area contributed by atoms with Crippen molar-refractivity contribution < 1.29 is 14.6 Å². The number of aryl methyl sites for hydroxylation is 1. The van der Waals surface area contributed by atoms with Gasteiger partial charge in [-0.25, -0.2) is 4.98 Å². The van der Waals surface area contributed by atoms with Crippen molar-refractivity contribution in [1.82, 2.24) is 4.98 Å². The minimum atomic E-state index is -0.795. The number of rotatable bonds is 5. The molecule has 0 unspecified atom stereocenters. The molecule has 94 valence electrons. The summed E-state index contributed by atoms with van der Waals surface area (Å²) < 4.78 is 5.10. The van der Waals surface area contributed by atoms with Crippen LogP contribution in [0.1, 0.15) is 11.4 Å². The third-order valence-electron chi connectivity index (χ3n) is 2.48. The van der Waals surface area contributed by atoms with Gasteiger partial charge in [0.25, 0.3) is 0 Å². The number of methoxy groups -OCH3 is 1. The maximum absolute atomic E-state index is 10.5. The molecule has 0 saturated heterocycles. The van der Waals surface area contributed by atoms with Gasteiger partial charge in [-0.05, 0) is 29.8 Å². The number of carboxylic acid groups (broad SMARTS) is 1. The molecule has 1 N–H and O–H groups in total. The van der Waals surface area contributed by atoms with Crippen LogP contribution in [0.5, 0.6) is 5.75 Å². The van der Waals surface area contributed by atoms with Gasteiger partial charge in [0.2, 0.25) is 0 Å². The normalized spacial score (nSPS) is 10.3. The van der Waals surface area contributed by atoms with Gasteiger partial charge in [-0.15, -0.1) is 11.3 Å². The molecule has 5 heteroatoms. The number of nitrogens with zero attached hydrogens (tertiary/aromatic N) is 1. The standard InChI is InChI=1S/C13H13NO3S/c1-17-10-4-2-9(3-5-10)11-8-14-12(18-11)6-7-13(15)16/h2-5,8H,6-7H2,1H3,(H,15,16). The fourth-order valence-corrected chi connectivity index (χ4v) is 2.45. The first-order valence-corrected chi connectivity index (χ1v) is 6.31. The number of aliphatic carboxylic acids is 1. The first-order chi connectivity index (χ1) is 8.69. The van der Waals surface area contributed by atoms with Gasteiger partial charge < -0.3 is 9.84 Å². The molecule has 0 aliphatic rings. The summed E-state index contributed by atoms with van der Waals surface area (Å²) in [6.07, 6.45) is 2.38. The van der Waals surface area contributed by atoms with Crippen LogP contribution in [0.3, 0.4) is 0 Å². The van der Waals surface area contributed by atoms with Gasteiger partial charge in [-0.1, -0.05) is 0 Å². The van der Waals surface area contributed by atoms with Crippen LogP contribution >= 0.6 is 11.3 Å². The van der Waals surface area contributed by atoms with Crippen LogP contribution in [-0.4, -0.2) is 23.2 Å². The van der Waals surface area contributed by atoms with Crippen molar-refractivity contribution in [3.63, 3.8) is 0 Å². The van der Waals surface area contributed by atoms with E-state index in [1.165, 1.54) is 11.3 Å². The molecule has 4 nitrogen and oxygen atoms in total. The van der Waals surface area contributed by atoms with E-state index in [-0.39, 0.29) is 6.42 Å². The van der Waals surface area contributed by atoms with Gasteiger partial charge in [0.1, 0.15) is 5.75 Å². The highest BCUT2D eigenvalue weighted by Crippen LogP contribution is 2.28. The van der Waals surface area contributed by atoms with Gasteiger partial charge in [0.05, 0.1) is 23.4 Å². The Hall–Kier alpha value is -1.88.